The predicted octanol–water partition coefficient (Wildman–Crippen LogP) is 7.27. The van der Waals surface area contributed by atoms with Gasteiger partial charge in [-0.2, -0.15) is 0 Å². The number of methoxy groups -OCH3 is 1. The zero-order valence-electron chi connectivity index (χ0n) is 22.3. The summed E-state index contributed by atoms with van der Waals surface area (Å²) in [6.45, 7) is 8.70. The molecule has 1 aliphatic rings. The molecule has 2 unspecified atom stereocenters. The molecular formula is C31H36FNO4. The number of pyridine rings is 1. The fraction of sp³-hybridized carbons (Fsp3) is 0.419. The highest BCUT2D eigenvalue weighted by Crippen LogP contribution is 2.42. The number of benzene rings is 2. The van der Waals surface area contributed by atoms with Gasteiger partial charge in [-0.1, -0.05) is 45.9 Å². The topological polar surface area (TPSA) is 68.7 Å². The predicted molar refractivity (Wildman–Crippen MR) is 142 cm³/mol. The first kappa shape index (κ1) is 26.8. The van der Waals surface area contributed by atoms with Crippen molar-refractivity contribution in [2.45, 2.75) is 71.5 Å². The van der Waals surface area contributed by atoms with Gasteiger partial charge in [-0.15, -0.1) is 0 Å². The monoisotopic (exact) mass is 505 g/mol. The average Bonchev–Trinajstić information content (AvgIpc) is 2.82. The molecule has 37 heavy (non-hydrogen) atoms. The molecule has 196 valence electrons. The summed E-state index contributed by atoms with van der Waals surface area (Å²) >= 11 is 0. The van der Waals surface area contributed by atoms with Crippen molar-refractivity contribution in [2.75, 3.05) is 7.11 Å². The van der Waals surface area contributed by atoms with Crippen molar-refractivity contribution < 1.29 is 23.8 Å². The van der Waals surface area contributed by atoms with E-state index in [0.717, 1.165) is 47.3 Å². The molecule has 2 aromatic carbocycles. The fourth-order valence-electron chi connectivity index (χ4n) is 5.60. The summed E-state index contributed by atoms with van der Waals surface area (Å²) < 4.78 is 26.1. The third-order valence-corrected chi connectivity index (χ3v) is 7.29. The molecule has 1 aliphatic carbocycles. The van der Waals surface area contributed by atoms with Crippen LogP contribution in [0.25, 0.3) is 11.1 Å². The lowest BCUT2D eigenvalue weighted by Crippen LogP contribution is -2.30. The van der Waals surface area contributed by atoms with Crippen molar-refractivity contribution in [3.63, 3.8) is 0 Å². The summed E-state index contributed by atoms with van der Waals surface area (Å²) in [6.07, 6.45) is 5.52. The van der Waals surface area contributed by atoms with Crippen molar-refractivity contribution in [1.82, 2.24) is 4.98 Å². The Balaban J connectivity index is 1.65. The third kappa shape index (κ3) is 6.02. The number of nitrogens with zero attached hydrogens (tertiary/aromatic N) is 1. The van der Waals surface area contributed by atoms with Gasteiger partial charge in [0.25, 0.3) is 0 Å². The van der Waals surface area contributed by atoms with E-state index in [9.17, 15) is 14.3 Å². The fourth-order valence-corrected chi connectivity index (χ4v) is 5.60. The number of halogens is 1. The first-order chi connectivity index (χ1) is 17.5. The van der Waals surface area contributed by atoms with Crippen LogP contribution in [-0.4, -0.2) is 23.2 Å². The zero-order chi connectivity index (χ0) is 26.8. The van der Waals surface area contributed by atoms with Crippen molar-refractivity contribution in [3.05, 3.63) is 82.9 Å². The van der Waals surface area contributed by atoms with Crippen LogP contribution in [0.3, 0.4) is 0 Å². The molecular weight excluding hydrogens is 469 g/mol. The SMILES string of the molecule is COC(c1cc(COc2ccc3c(c2)C(C)(CC(=O)O)CCC3)ccc1-c1cncc(F)c1)C(C)(C)C. The second-order valence-electron chi connectivity index (χ2n) is 11.4. The number of aromatic nitrogens is 1. The van der Waals surface area contributed by atoms with E-state index in [4.69, 9.17) is 9.47 Å². The Kier molecular flexibility index (Phi) is 7.69. The summed E-state index contributed by atoms with van der Waals surface area (Å²) in [7, 11) is 1.69. The maximum Gasteiger partial charge on any atom is 0.304 e. The number of hydrogen-bond acceptors (Lipinski definition) is 4. The lowest BCUT2D eigenvalue weighted by Gasteiger charge is -2.35. The van der Waals surface area contributed by atoms with Gasteiger partial charge in [0.1, 0.15) is 18.2 Å². The van der Waals surface area contributed by atoms with E-state index in [1.165, 1.54) is 17.8 Å². The molecule has 0 spiro atoms. The van der Waals surface area contributed by atoms with Crippen molar-refractivity contribution in [1.29, 1.82) is 0 Å². The highest BCUT2D eigenvalue weighted by molar-refractivity contribution is 5.70. The Bertz CT molecular complexity index is 1280. The summed E-state index contributed by atoms with van der Waals surface area (Å²) in [5, 5.41) is 9.48. The minimum atomic E-state index is -0.783. The highest BCUT2D eigenvalue weighted by atomic mass is 19.1. The van der Waals surface area contributed by atoms with Gasteiger partial charge in [-0.25, -0.2) is 4.39 Å². The third-order valence-electron chi connectivity index (χ3n) is 7.29. The lowest BCUT2D eigenvalue weighted by molar-refractivity contribution is -0.138. The van der Waals surface area contributed by atoms with E-state index in [2.05, 4.69) is 37.9 Å². The lowest BCUT2D eigenvalue weighted by atomic mass is 9.69. The van der Waals surface area contributed by atoms with Gasteiger partial charge in [0.15, 0.2) is 0 Å². The molecule has 2 atom stereocenters. The van der Waals surface area contributed by atoms with E-state index in [0.29, 0.717) is 12.2 Å². The highest BCUT2D eigenvalue weighted by Gasteiger charge is 2.34. The zero-order valence-corrected chi connectivity index (χ0v) is 22.3. The summed E-state index contributed by atoms with van der Waals surface area (Å²) in [5.41, 5.74) is 5.15. The number of hydrogen-bond donors (Lipinski definition) is 1. The van der Waals surface area contributed by atoms with E-state index in [1.807, 2.05) is 31.2 Å². The number of rotatable bonds is 8. The van der Waals surface area contributed by atoms with Gasteiger partial charge in [-0.3, -0.25) is 9.78 Å². The maximum atomic E-state index is 14.0. The van der Waals surface area contributed by atoms with Crippen LogP contribution in [0.4, 0.5) is 4.39 Å². The number of carbonyl (C=O) groups is 1. The number of fused-ring (bicyclic) bond motifs is 1. The smallest absolute Gasteiger partial charge is 0.304 e. The molecule has 5 nitrogen and oxygen atoms in total. The summed E-state index contributed by atoms with van der Waals surface area (Å²) in [4.78, 5) is 15.6. The minimum absolute atomic E-state index is 0.106. The van der Waals surface area contributed by atoms with Crippen LogP contribution in [0.2, 0.25) is 0 Å². The van der Waals surface area contributed by atoms with E-state index >= 15 is 0 Å². The van der Waals surface area contributed by atoms with E-state index in [-0.39, 0.29) is 23.8 Å². The Hall–Kier alpha value is -3.25. The van der Waals surface area contributed by atoms with Gasteiger partial charge in [0.2, 0.25) is 0 Å². The molecule has 6 heteroatoms. The van der Waals surface area contributed by atoms with Gasteiger partial charge in [0.05, 0.1) is 18.7 Å². The normalized spacial score (nSPS) is 18.2. The van der Waals surface area contributed by atoms with Crippen LogP contribution in [0.15, 0.2) is 54.9 Å². The molecule has 0 aliphatic heterocycles. The second kappa shape index (κ2) is 10.6. The Morgan fingerprint density at radius 1 is 1.16 bits per heavy atom. The number of aryl methyl sites for hydroxylation is 1. The standard InChI is InChI=1S/C31H36FNO4/c1-30(2,3)29(36-5)26-13-20(8-11-25(26)22-14-23(32)18-33-17-22)19-37-24-10-9-21-7-6-12-31(4,16-28(34)35)27(21)15-24/h8-11,13-15,17-18,29H,6-7,12,16,19H2,1-5H3,(H,34,35). The quantitative estimate of drug-likeness (QED) is 0.349. The molecule has 0 amide bonds. The average molecular weight is 506 g/mol. The molecule has 0 fully saturated rings. The number of carboxylic acids is 1. The van der Waals surface area contributed by atoms with Crippen LogP contribution >= 0.6 is 0 Å². The largest absolute Gasteiger partial charge is 0.489 e. The Labute approximate surface area is 218 Å². The number of carboxylic acid groups (broad SMARTS) is 1. The molecule has 4 rings (SSSR count). The Morgan fingerprint density at radius 3 is 2.62 bits per heavy atom. The first-order valence-electron chi connectivity index (χ1n) is 12.7. The van der Waals surface area contributed by atoms with Gasteiger partial charge < -0.3 is 14.6 Å². The molecule has 1 heterocycles. The molecule has 0 saturated carbocycles. The molecule has 3 aromatic rings. The second-order valence-corrected chi connectivity index (χ2v) is 11.4. The number of ether oxygens (including phenoxy) is 2. The van der Waals surface area contributed by atoms with E-state index in [1.54, 1.807) is 13.3 Å². The van der Waals surface area contributed by atoms with Crippen LogP contribution in [-0.2, 0) is 28.0 Å². The first-order valence-corrected chi connectivity index (χ1v) is 12.7. The van der Waals surface area contributed by atoms with Crippen molar-refractivity contribution >= 4 is 5.97 Å². The Morgan fingerprint density at radius 2 is 1.95 bits per heavy atom. The van der Waals surface area contributed by atoms with Gasteiger partial charge in [-0.05, 0) is 76.8 Å². The van der Waals surface area contributed by atoms with Crippen LogP contribution in [0.5, 0.6) is 5.75 Å². The molecule has 0 bridgehead atoms. The maximum absolute atomic E-state index is 14.0. The van der Waals surface area contributed by atoms with Gasteiger partial charge >= 0.3 is 5.97 Å². The number of aliphatic carboxylic acids is 1. The molecule has 0 radical (unpaired) electrons. The van der Waals surface area contributed by atoms with Crippen molar-refractivity contribution in [3.8, 4) is 16.9 Å². The van der Waals surface area contributed by atoms with Crippen LogP contribution < -0.4 is 4.74 Å². The minimum Gasteiger partial charge on any atom is -0.489 e. The van der Waals surface area contributed by atoms with Crippen LogP contribution in [0.1, 0.15) is 75.3 Å². The molecule has 1 N–H and O–H groups in total. The van der Waals surface area contributed by atoms with E-state index < -0.39 is 11.4 Å². The van der Waals surface area contributed by atoms with Gasteiger partial charge in [0, 0.05) is 24.3 Å². The molecule has 1 aromatic heterocycles. The van der Waals surface area contributed by atoms with Crippen molar-refractivity contribution in [2.24, 2.45) is 5.41 Å². The summed E-state index contributed by atoms with van der Waals surface area (Å²) in [6, 6.07) is 13.5. The van der Waals surface area contributed by atoms with Crippen LogP contribution in [0, 0.1) is 11.2 Å². The molecule has 0 saturated heterocycles. The summed E-state index contributed by atoms with van der Waals surface area (Å²) in [5.74, 6) is -0.450.